The van der Waals surface area contributed by atoms with Crippen molar-refractivity contribution in [1.29, 1.82) is 0 Å². The number of aromatic nitrogens is 1. The van der Waals surface area contributed by atoms with Gasteiger partial charge in [-0.3, -0.25) is 0 Å². The molecule has 2 aromatic rings. The van der Waals surface area contributed by atoms with E-state index < -0.39 is 0 Å². The van der Waals surface area contributed by atoms with Gasteiger partial charge in [0.25, 0.3) is 0 Å². The predicted octanol–water partition coefficient (Wildman–Crippen LogP) is 3.07. The molecule has 0 aliphatic carbocycles. The molecule has 0 spiro atoms. The molecule has 1 aromatic heterocycles. The molecule has 18 heavy (non-hydrogen) atoms. The molecule has 0 amide bonds. The maximum absolute atomic E-state index is 5.23. The number of rotatable bonds is 6. The van der Waals surface area contributed by atoms with Crippen molar-refractivity contribution in [2.24, 2.45) is 0 Å². The van der Waals surface area contributed by atoms with Crippen LogP contribution in [0.3, 0.4) is 0 Å². The van der Waals surface area contributed by atoms with Crippen LogP contribution in [0.5, 0.6) is 0 Å². The fraction of sp³-hybridized carbons (Fsp3) is 0.357. The fourth-order valence-electron chi connectivity index (χ4n) is 1.77. The highest BCUT2D eigenvalue weighted by Gasteiger charge is 2.08. The first-order valence-electron chi connectivity index (χ1n) is 6.07. The third-order valence-electron chi connectivity index (χ3n) is 2.65. The molecule has 0 bridgehead atoms. The smallest absolute Gasteiger partial charge is 0.123 e. The maximum Gasteiger partial charge on any atom is 0.123 e. The Balaban J connectivity index is 2.22. The third-order valence-corrected chi connectivity index (χ3v) is 3.68. The van der Waals surface area contributed by atoms with Crippen LogP contribution in [0.2, 0.25) is 0 Å². The van der Waals surface area contributed by atoms with Crippen molar-refractivity contribution in [2.75, 3.05) is 13.7 Å². The molecule has 0 saturated heterocycles. The molecular weight excluding hydrogens is 244 g/mol. The van der Waals surface area contributed by atoms with E-state index in [1.807, 2.05) is 18.3 Å². The average Bonchev–Trinajstić information content (AvgIpc) is 2.86. The molecule has 4 heteroatoms. The molecule has 1 aromatic carbocycles. The van der Waals surface area contributed by atoms with Gasteiger partial charge in [-0.2, -0.15) is 0 Å². The van der Waals surface area contributed by atoms with Gasteiger partial charge in [-0.15, -0.1) is 11.3 Å². The first-order chi connectivity index (χ1) is 8.85. The lowest BCUT2D eigenvalue weighted by molar-refractivity contribution is 0.185. The van der Waals surface area contributed by atoms with Gasteiger partial charge in [0.15, 0.2) is 0 Å². The Morgan fingerprint density at radius 1 is 1.33 bits per heavy atom. The van der Waals surface area contributed by atoms with E-state index in [-0.39, 0.29) is 0 Å². The third kappa shape index (κ3) is 3.16. The summed E-state index contributed by atoms with van der Waals surface area (Å²) in [4.78, 5) is 5.77. The molecule has 1 N–H and O–H groups in total. The van der Waals surface area contributed by atoms with E-state index >= 15 is 0 Å². The van der Waals surface area contributed by atoms with Crippen LogP contribution in [0, 0.1) is 0 Å². The van der Waals surface area contributed by atoms with E-state index in [2.05, 4.69) is 29.4 Å². The van der Waals surface area contributed by atoms with Crippen molar-refractivity contribution in [3.63, 3.8) is 0 Å². The molecule has 0 atom stereocenters. The van der Waals surface area contributed by atoms with Gasteiger partial charge in [0.2, 0.25) is 0 Å². The number of benzene rings is 1. The lowest BCUT2D eigenvalue weighted by Gasteiger charge is -2.05. The summed E-state index contributed by atoms with van der Waals surface area (Å²) in [7, 11) is 1.72. The van der Waals surface area contributed by atoms with Crippen LogP contribution in [0.25, 0.3) is 10.6 Å². The summed E-state index contributed by atoms with van der Waals surface area (Å²) in [6.45, 7) is 4.60. The van der Waals surface area contributed by atoms with Crippen molar-refractivity contribution >= 4 is 11.3 Å². The Labute approximate surface area is 112 Å². The minimum atomic E-state index is 0.623. The minimum absolute atomic E-state index is 0.623. The van der Waals surface area contributed by atoms with E-state index in [0.717, 1.165) is 18.1 Å². The first kappa shape index (κ1) is 13.2. The lowest BCUT2D eigenvalue weighted by atomic mass is 10.1. The number of nitrogens with zero attached hydrogens (tertiary/aromatic N) is 1. The predicted molar refractivity (Wildman–Crippen MR) is 75.6 cm³/mol. The van der Waals surface area contributed by atoms with Crippen LogP contribution in [-0.2, 0) is 17.9 Å². The monoisotopic (exact) mass is 262 g/mol. The standard InChI is InChI=1S/C14H18N2OS/c1-3-15-8-12-9-16-14(18-12)13-7-5-4-6-11(13)10-17-2/h4-7,9,15H,3,8,10H2,1-2H3. The molecule has 0 saturated carbocycles. The lowest BCUT2D eigenvalue weighted by Crippen LogP contribution is -2.10. The molecule has 2 rings (SSSR count). The van der Waals surface area contributed by atoms with Crippen molar-refractivity contribution in [2.45, 2.75) is 20.1 Å². The minimum Gasteiger partial charge on any atom is -0.380 e. The van der Waals surface area contributed by atoms with Gasteiger partial charge < -0.3 is 10.1 Å². The topological polar surface area (TPSA) is 34.2 Å². The van der Waals surface area contributed by atoms with Crippen molar-refractivity contribution in [3.8, 4) is 10.6 Å². The summed E-state index contributed by atoms with van der Waals surface area (Å²) in [6.07, 6.45) is 1.95. The van der Waals surface area contributed by atoms with Gasteiger partial charge in [-0.05, 0) is 12.1 Å². The van der Waals surface area contributed by atoms with Crippen LogP contribution in [0.15, 0.2) is 30.5 Å². The second-order valence-electron chi connectivity index (χ2n) is 4.00. The molecule has 0 aliphatic rings. The zero-order valence-corrected chi connectivity index (χ0v) is 11.6. The summed E-state index contributed by atoms with van der Waals surface area (Å²) in [5.41, 5.74) is 2.36. The van der Waals surface area contributed by atoms with E-state index in [9.17, 15) is 0 Å². The van der Waals surface area contributed by atoms with Gasteiger partial charge in [-0.25, -0.2) is 4.98 Å². The van der Waals surface area contributed by atoms with E-state index in [4.69, 9.17) is 4.74 Å². The van der Waals surface area contributed by atoms with Crippen LogP contribution < -0.4 is 5.32 Å². The fourth-order valence-corrected chi connectivity index (χ4v) is 2.71. The molecule has 0 fully saturated rings. The van der Waals surface area contributed by atoms with E-state index in [1.165, 1.54) is 16.0 Å². The number of thiazole rings is 1. The zero-order valence-electron chi connectivity index (χ0n) is 10.8. The van der Waals surface area contributed by atoms with Crippen molar-refractivity contribution in [3.05, 3.63) is 40.9 Å². The number of hydrogen-bond donors (Lipinski definition) is 1. The highest BCUT2D eigenvalue weighted by Crippen LogP contribution is 2.28. The number of nitrogens with one attached hydrogen (secondary N) is 1. The summed E-state index contributed by atoms with van der Waals surface area (Å²) in [5, 5.41) is 4.38. The Hall–Kier alpha value is -1.23. The normalized spacial score (nSPS) is 10.8. The molecule has 0 aliphatic heterocycles. The Kier molecular flexibility index (Phi) is 4.87. The summed E-state index contributed by atoms with van der Waals surface area (Å²) in [5.74, 6) is 0. The molecule has 0 unspecified atom stereocenters. The highest BCUT2D eigenvalue weighted by molar-refractivity contribution is 7.15. The molecule has 96 valence electrons. The number of ether oxygens (including phenoxy) is 1. The van der Waals surface area contributed by atoms with Gasteiger partial charge >= 0.3 is 0 Å². The van der Waals surface area contributed by atoms with E-state index in [0.29, 0.717) is 6.61 Å². The Morgan fingerprint density at radius 3 is 2.94 bits per heavy atom. The van der Waals surface area contributed by atoms with Gasteiger partial charge in [0.05, 0.1) is 6.61 Å². The van der Waals surface area contributed by atoms with Gasteiger partial charge in [0, 0.05) is 30.3 Å². The van der Waals surface area contributed by atoms with E-state index in [1.54, 1.807) is 18.4 Å². The quantitative estimate of drug-likeness (QED) is 0.868. The van der Waals surface area contributed by atoms with Crippen molar-refractivity contribution < 1.29 is 4.74 Å². The molecular formula is C14H18N2OS. The van der Waals surface area contributed by atoms with Crippen LogP contribution >= 0.6 is 11.3 Å². The van der Waals surface area contributed by atoms with Gasteiger partial charge in [0.1, 0.15) is 5.01 Å². The highest BCUT2D eigenvalue weighted by atomic mass is 32.1. The maximum atomic E-state index is 5.23. The second kappa shape index (κ2) is 6.64. The second-order valence-corrected chi connectivity index (χ2v) is 5.12. The molecule has 3 nitrogen and oxygen atoms in total. The largest absolute Gasteiger partial charge is 0.380 e. The molecule has 0 radical (unpaired) electrons. The average molecular weight is 262 g/mol. The Morgan fingerprint density at radius 2 is 2.17 bits per heavy atom. The van der Waals surface area contributed by atoms with Crippen LogP contribution in [0.4, 0.5) is 0 Å². The summed E-state index contributed by atoms with van der Waals surface area (Å²) in [6, 6.07) is 8.26. The SMILES string of the molecule is CCNCc1cnc(-c2ccccc2COC)s1. The Bertz CT molecular complexity index is 496. The zero-order chi connectivity index (χ0) is 12.8. The summed E-state index contributed by atoms with van der Waals surface area (Å²) >= 11 is 1.74. The van der Waals surface area contributed by atoms with Gasteiger partial charge in [-0.1, -0.05) is 31.2 Å². The first-order valence-corrected chi connectivity index (χ1v) is 6.89. The molecule has 1 heterocycles. The summed E-state index contributed by atoms with van der Waals surface area (Å²) < 4.78 is 5.23. The van der Waals surface area contributed by atoms with Crippen LogP contribution in [-0.4, -0.2) is 18.6 Å². The number of methoxy groups -OCH3 is 1. The van der Waals surface area contributed by atoms with Crippen molar-refractivity contribution in [1.82, 2.24) is 10.3 Å². The van der Waals surface area contributed by atoms with Crippen LogP contribution in [0.1, 0.15) is 17.4 Å². The number of hydrogen-bond acceptors (Lipinski definition) is 4.